The quantitative estimate of drug-likeness (QED) is 0.737. The molecule has 0 unspecified atom stereocenters. The van der Waals surface area contributed by atoms with E-state index < -0.39 is 0 Å². The third kappa shape index (κ3) is 5.37. The molecule has 1 N–H and O–H groups in total. The molecule has 18 heavy (non-hydrogen) atoms. The molecule has 0 amide bonds. The van der Waals surface area contributed by atoms with Crippen molar-refractivity contribution in [1.82, 2.24) is 0 Å². The van der Waals surface area contributed by atoms with E-state index in [0.717, 1.165) is 18.7 Å². The summed E-state index contributed by atoms with van der Waals surface area (Å²) in [6, 6.07) is 7.34. The lowest BCUT2D eigenvalue weighted by atomic mass is 10.2. The number of hydrogen-bond donors (Lipinski definition) is 1. The average molecular weight is 269 g/mol. The second-order valence-corrected chi connectivity index (χ2v) is 4.12. The van der Waals surface area contributed by atoms with Crippen molar-refractivity contribution in [3.63, 3.8) is 0 Å². The van der Waals surface area contributed by atoms with Gasteiger partial charge in [0.2, 0.25) is 0 Å². The van der Waals surface area contributed by atoms with Crippen LogP contribution >= 0.6 is 11.6 Å². The van der Waals surface area contributed by atoms with E-state index in [4.69, 9.17) is 26.3 Å². The summed E-state index contributed by atoms with van der Waals surface area (Å²) >= 11 is 5.82. The van der Waals surface area contributed by atoms with E-state index in [1.54, 1.807) is 19.2 Å². The summed E-state index contributed by atoms with van der Waals surface area (Å²) in [6.45, 7) is 2.65. The second kappa shape index (κ2) is 8.76. The average Bonchev–Trinajstić information content (AvgIpc) is 2.39. The Kier molecular flexibility index (Phi) is 7.19. The van der Waals surface area contributed by atoms with Crippen LogP contribution in [0, 0.1) is 11.3 Å². The van der Waals surface area contributed by atoms with Gasteiger partial charge in [-0.15, -0.1) is 0 Å². The van der Waals surface area contributed by atoms with Crippen LogP contribution in [0.15, 0.2) is 18.2 Å². The number of anilines is 1. The smallest absolute Gasteiger partial charge is 0.101 e. The normalized spacial score (nSPS) is 10.1. The van der Waals surface area contributed by atoms with Gasteiger partial charge in [0.15, 0.2) is 0 Å². The van der Waals surface area contributed by atoms with Gasteiger partial charge in [0.25, 0.3) is 0 Å². The molecule has 98 valence electrons. The summed E-state index contributed by atoms with van der Waals surface area (Å²) in [7, 11) is 1.65. The molecule has 0 radical (unpaired) electrons. The minimum Gasteiger partial charge on any atom is -0.384 e. The number of nitriles is 1. The van der Waals surface area contributed by atoms with Crippen molar-refractivity contribution in [2.45, 2.75) is 6.42 Å². The van der Waals surface area contributed by atoms with Crippen molar-refractivity contribution in [1.29, 1.82) is 5.26 Å². The molecule has 0 bridgehead atoms. The zero-order valence-corrected chi connectivity index (χ0v) is 11.2. The Balaban J connectivity index is 2.25. The van der Waals surface area contributed by atoms with E-state index in [1.165, 1.54) is 0 Å². The third-order valence-electron chi connectivity index (χ3n) is 2.31. The van der Waals surface area contributed by atoms with Crippen molar-refractivity contribution >= 4 is 17.3 Å². The molecule has 0 aliphatic carbocycles. The van der Waals surface area contributed by atoms with E-state index in [9.17, 15) is 0 Å². The molecule has 0 aliphatic heterocycles. The van der Waals surface area contributed by atoms with Gasteiger partial charge >= 0.3 is 0 Å². The topological polar surface area (TPSA) is 54.3 Å². The molecule has 4 nitrogen and oxygen atoms in total. The molecule has 1 aromatic rings. The highest BCUT2D eigenvalue weighted by molar-refractivity contribution is 6.30. The number of benzene rings is 1. The highest BCUT2D eigenvalue weighted by atomic mass is 35.5. The Bertz CT molecular complexity index is 404. The van der Waals surface area contributed by atoms with Gasteiger partial charge in [0.1, 0.15) is 6.07 Å². The number of nitrogens with one attached hydrogen (secondary N) is 1. The van der Waals surface area contributed by atoms with E-state index in [0.29, 0.717) is 30.4 Å². The minimum atomic E-state index is 0.558. The van der Waals surface area contributed by atoms with Gasteiger partial charge in [-0.3, -0.25) is 0 Å². The number of nitrogens with zero attached hydrogens (tertiary/aromatic N) is 1. The largest absolute Gasteiger partial charge is 0.384 e. The fourth-order valence-corrected chi connectivity index (χ4v) is 1.58. The van der Waals surface area contributed by atoms with Crippen molar-refractivity contribution < 1.29 is 9.47 Å². The molecule has 0 aromatic heterocycles. The first-order valence-corrected chi connectivity index (χ1v) is 6.16. The van der Waals surface area contributed by atoms with Gasteiger partial charge < -0.3 is 14.8 Å². The molecular weight excluding hydrogens is 252 g/mol. The maximum Gasteiger partial charge on any atom is 0.101 e. The lowest BCUT2D eigenvalue weighted by Crippen LogP contribution is -2.09. The van der Waals surface area contributed by atoms with Crippen molar-refractivity contribution in [2.75, 3.05) is 38.8 Å². The summed E-state index contributed by atoms with van der Waals surface area (Å²) < 4.78 is 10.2. The second-order valence-electron chi connectivity index (χ2n) is 3.69. The van der Waals surface area contributed by atoms with E-state index in [-0.39, 0.29) is 0 Å². The van der Waals surface area contributed by atoms with Gasteiger partial charge in [-0.25, -0.2) is 0 Å². The Morgan fingerprint density at radius 3 is 2.89 bits per heavy atom. The van der Waals surface area contributed by atoms with Crippen LogP contribution in [0.2, 0.25) is 5.02 Å². The molecule has 1 rings (SSSR count). The fraction of sp³-hybridized carbons (Fsp3) is 0.462. The van der Waals surface area contributed by atoms with Crippen LogP contribution in [0.4, 0.5) is 5.69 Å². The van der Waals surface area contributed by atoms with Gasteiger partial charge in [0.05, 0.1) is 24.5 Å². The maximum absolute atomic E-state index is 8.96. The van der Waals surface area contributed by atoms with Gasteiger partial charge in [-0.2, -0.15) is 5.26 Å². The molecule has 0 spiro atoms. The zero-order chi connectivity index (χ0) is 13.2. The van der Waals surface area contributed by atoms with E-state index in [1.807, 2.05) is 6.07 Å². The first-order chi connectivity index (χ1) is 8.77. The molecule has 1 aromatic carbocycles. The highest BCUT2D eigenvalue weighted by Gasteiger charge is 2.01. The predicted octanol–water partition coefficient (Wildman–Crippen LogP) is 2.68. The monoisotopic (exact) mass is 268 g/mol. The van der Waals surface area contributed by atoms with Crippen LogP contribution in [-0.2, 0) is 9.47 Å². The van der Waals surface area contributed by atoms with Crippen LogP contribution in [0.3, 0.4) is 0 Å². The molecule has 0 saturated carbocycles. The molecule has 5 heteroatoms. The standard InChI is InChI=1S/C13H17ClN2O2/c1-17-7-8-18-6-2-5-16-13-4-3-12(14)9-11(13)10-15/h3-4,9,16H,2,5-8H2,1H3. The van der Waals surface area contributed by atoms with Crippen LogP contribution in [-0.4, -0.2) is 33.5 Å². The number of rotatable bonds is 8. The Labute approximate surface area is 112 Å². The summed E-state index contributed by atoms with van der Waals surface area (Å²) in [6.07, 6.45) is 0.872. The van der Waals surface area contributed by atoms with Crippen LogP contribution < -0.4 is 5.32 Å². The first-order valence-electron chi connectivity index (χ1n) is 5.78. The third-order valence-corrected chi connectivity index (χ3v) is 2.55. The van der Waals surface area contributed by atoms with Crippen molar-refractivity contribution in [3.05, 3.63) is 28.8 Å². The van der Waals surface area contributed by atoms with Crippen LogP contribution in [0.25, 0.3) is 0 Å². The van der Waals surface area contributed by atoms with Crippen molar-refractivity contribution in [2.24, 2.45) is 0 Å². The summed E-state index contributed by atoms with van der Waals surface area (Å²) in [5.41, 5.74) is 1.36. The number of methoxy groups -OCH3 is 1. The van der Waals surface area contributed by atoms with E-state index >= 15 is 0 Å². The zero-order valence-electron chi connectivity index (χ0n) is 10.4. The fourth-order valence-electron chi connectivity index (χ4n) is 1.40. The van der Waals surface area contributed by atoms with Gasteiger partial charge in [-0.05, 0) is 24.6 Å². The van der Waals surface area contributed by atoms with E-state index in [2.05, 4.69) is 11.4 Å². The Morgan fingerprint density at radius 1 is 1.33 bits per heavy atom. The predicted molar refractivity (Wildman–Crippen MR) is 72.0 cm³/mol. The molecular formula is C13H17ClN2O2. The van der Waals surface area contributed by atoms with Crippen LogP contribution in [0.5, 0.6) is 0 Å². The lowest BCUT2D eigenvalue weighted by molar-refractivity contribution is 0.0705. The maximum atomic E-state index is 8.96. The molecule has 0 aliphatic rings. The minimum absolute atomic E-state index is 0.558. The van der Waals surface area contributed by atoms with Gasteiger partial charge in [0, 0.05) is 25.3 Å². The number of ether oxygens (including phenoxy) is 2. The summed E-state index contributed by atoms with van der Waals surface area (Å²) in [4.78, 5) is 0. The summed E-state index contributed by atoms with van der Waals surface area (Å²) in [5.74, 6) is 0. The highest BCUT2D eigenvalue weighted by Crippen LogP contribution is 2.19. The SMILES string of the molecule is COCCOCCCNc1ccc(Cl)cc1C#N. The molecule has 0 saturated heterocycles. The molecule has 0 fully saturated rings. The Morgan fingerprint density at radius 2 is 2.17 bits per heavy atom. The van der Waals surface area contributed by atoms with Crippen LogP contribution in [0.1, 0.15) is 12.0 Å². The Hall–Kier alpha value is -1.28. The van der Waals surface area contributed by atoms with Crippen molar-refractivity contribution in [3.8, 4) is 6.07 Å². The first kappa shape index (κ1) is 14.8. The molecule has 0 heterocycles. The van der Waals surface area contributed by atoms with Gasteiger partial charge in [-0.1, -0.05) is 11.6 Å². The lowest BCUT2D eigenvalue weighted by Gasteiger charge is -2.08. The molecule has 0 atom stereocenters. The number of hydrogen-bond acceptors (Lipinski definition) is 4. The summed E-state index contributed by atoms with van der Waals surface area (Å²) in [5, 5.41) is 12.7. The number of halogens is 1.